The van der Waals surface area contributed by atoms with E-state index in [2.05, 4.69) is 10.1 Å². The van der Waals surface area contributed by atoms with Crippen molar-refractivity contribution in [2.24, 2.45) is 0 Å². The van der Waals surface area contributed by atoms with Gasteiger partial charge in [0, 0.05) is 6.07 Å². The summed E-state index contributed by atoms with van der Waals surface area (Å²) in [6.45, 7) is 5.27. The molecule has 0 spiro atoms. The zero-order valence-corrected chi connectivity index (χ0v) is 13.6. The topological polar surface area (TPSA) is 59.7 Å². The van der Waals surface area contributed by atoms with Crippen LogP contribution >= 0.6 is 0 Å². The quantitative estimate of drug-likeness (QED) is 0.715. The van der Waals surface area contributed by atoms with Crippen molar-refractivity contribution in [1.29, 1.82) is 0 Å². The van der Waals surface area contributed by atoms with Gasteiger partial charge in [0.1, 0.15) is 11.9 Å². The second kappa shape index (κ2) is 5.92. The van der Waals surface area contributed by atoms with Gasteiger partial charge >= 0.3 is 6.09 Å². The van der Waals surface area contributed by atoms with E-state index in [1.165, 1.54) is 28.0 Å². The fraction of sp³-hybridized carbons (Fsp3) is 0.235. The second-order valence-corrected chi connectivity index (χ2v) is 6.22. The lowest BCUT2D eigenvalue weighted by Gasteiger charge is -2.27. The first-order chi connectivity index (χ1) is 11.3. The molecule has 3 rings (SSSR count). The SMILES string of the molecule is CC(C)(C)OC(=O)N(c1ccccc1)c1cc2ncnn2cc1F. The average Bonchev–Trinajstić information content (AvgIpc) is 2.94. The van der Waals surface area contributed by atoms with E-state index in [-0.39, 0.29) is 5.69 Å². The van der Waals surface area contributed by atoms with Crippen LogP contribution in [0.4, 0.5) is 20.6 Å². The molecule has 7 heteroatoms. The van der Waals surface area contributed by atoms with Crippen LogP contribution in [0.5, 0.6) is 0 Å². The minimum atomic E-state index is -0.709. The van der Waals surface area contributed by atoms with Crippen molar-refractivity contribution in [3.8, 4) is 0 Å². The van der Waals surface area contributed by atoms with E-state index in [1.807, 2.05) is 6.07 Å². The number of anilines is 2. The van der Waals surface area contributed by atoms with Crippen LogP contribution in [0.15, 0.2) is 48.9 Å². The molecule has 124 valence electrons. The molecule has 0 N–H and O–H groups in total. The maximum Gasteiger partial charge on any atom is 0.419 e. The number of aromatic nitrogens is 3. The summed E-state index contributed by atoms with van der Waals surface area (Å²) in [5, 5.41) is 3.89. The van der Waals surface area contributed by atoms with Gasteiger partial charge in [0.2, 0.25) is 0 Å². The lowest BCUT2D eigenvalue weighted by atomic mass is 10.2. The number of para-hydroxylation sites is 1. The number of fused-ring (bicyclic) bond motifs is 1. The van der Waals surface area contributed by atoms with Gasteiger partial charge in [-0.05, 0) is 32.9 Å². The molecule has 0 unspecified atom stereocenters. The van der Waals surface area contributed by atoms with Crippen LogP contribution in [-0.4, -0.2) is 26.3 Å². The summed E-state index contributed by atoms with van der Waals surface area (Å²) in [4.78, 5) is 17.9. The maximum atomic E-state index is 14.6. The minimum absolute atomic E-state index is 0.0518. The predicted octanol–water partition coefficient (Wildman–Crippen LogP) is 3.94. The van der Waals surface area contributed by atoms with Crippen LogP contribution in [-0.2, 0) is 4.74 Å². The third-order valence-corrected chi connectivity index (χ3v) is 3.18. The highest BCUT2D eigenvalue weighted by Crippen LogP contribution is 2.30. The number of halogens is 1. The molecule has 6 nitrogen and oxygen atoms in total. The number of hydrogen-bond acceptors (Lipinski definition) is 4. The molecule has 0 aliphatic heterocycles. The number of amides is 1. The number of carbonyl (C=O) groups excluding carboxylic acids is 1. The number of hydrogen-bond donors (Lipinski definition) is 0. The van der Waals surface area contributed by atoms with E-state index in [0.29, 0.717) is 11.3 Å². The molecule has 1 aromatic carbocycles. The molecule has 2 heterocycles. The van der Waals surface area contributed by atoms with Gasteiger partial charge in [-0.1, -0.05) is 18.2 Å². The molecule has 3 aromatic rings. The highest BCUT2D eigenvalue weighted by molar-refractivity contribution is 5.96. The molecule has 0 saturated carbocycles. The van der Waals surface area contributed by atoms with Crippen LogP contribution in [0.3, 0.4) is 0 Å². The number of benzene rings is 1. The van der Waals surface area contributed by atoms with Crippen molar-refractivity contribution in [3.05, 3.63) is 54.7 Å². The minimum Gasteiger partial charge on any atom is -0.443 e. The molecule has 0 fully saturated rings. The van der Waals surface area contributed by atoms with E-state index in [9.17, 15) is 9.18 Å². The van der Waals surface area contributed by atoms with Gasteiger partial charge in [0.05, 0.1) is 17.6 Å². The molecule has 0 aliphatic carbocycles. The summed E-state index contributed by atoms with van der Waals surface area (Å²) in [7, 11) is 0. The molecule has 0 radical (unpaired) electrons. The van der Waals surface area contributed by atoms with Crippen molar-refractivity contribution in [2.45, 2.75) is 26.4 Å². The van der Waals surface area contributed by atoms with Crippen LogP contribution < -0.4 is 4.90 Å². The van der Waals surface area contributed by atoms with E-state index in [0.717, 1.165) is 0 Å². The van der Waals surface area contributed by atoms with Gasteiger partial charge in [-0.25, -0.2) is 23.6 Å². The van der Waals surface area contributed by atoms with E-state index in [1.54, 1.807) is 45.0 Å². The summed E-state index contributed by atoms with van der Waals surface area (Å²) in [6.07, 6.45) is 1.83. The molecular formula is C17H17FN4O2. The van der Waals surface area contributed by atoms with E-state index < -0.39 is 17.5 Å². The largest absolute Gasteiger partial charge is 0.443 e. The van der Waals surface area contributed by atoms with Crippen LogP contribution in [0, 0.1) is 5.82 Å². The zero-order valence-electron chi connectivity index (χ0n) is 13.6. The molecule has 0 saturated heterocycles. The number of pyridine rings is 1. The van der Waals surface area contributed by atoms with Crippen LogP contribution in [0.2, 0.25) is 0 Å². The smallest absolute Gasteiger partial charge is 0.419 e. The Hall–Kier alpha value is -2.96. The Morgan fingerprint density at radius 3 is 2.62 bits per heavy atom. The number of carbonyl (C=O) groups is 1. The Bertz CT molecular complexity index is 871. The van der Waals surface area contributed by atoms with Crippen molar-refractivity contribution in [1.82, 2.24) is 14.6 Å². The van der Waals surface area contributed by atoms with Gasteiger partial charge in [-0.2, -0.15) is 5.10 Å². The average molecular weight is 328 g/mol. The molecule has 2 aromatic heterocycles. The lowest BCUT2D eigenvalue weighted by Crippen LogP contribution is -2.34. The third kappa shape index (κ3) is 3.19. The Morgan fingerprint density at radius 1 is 1.25 bits per heavy atom. The van der Waals surface area contributed by atoms with E-state index >= 15 is 0 Å². The standard InChI is InChI=1S/C17H17FN4O2/c1-17(2,3)24-16(23)22(12-7-5-4-6-8-12)14-9-15-19-11-20-21(15)10-13(14)18/h4-11H,1-3H3. The monoisotopic (exact) mass is 328 g/mol. The summed E-state index contributed by atoms with van der Waals surface area (Å²) >= 11 is 0. The number of ether oxygens (including phenoxy) is 1. The third-order valence-electron chi connectivity index (χ3n) is 3.18. The van der Waals surface area contributed by atoms with Crippen molar-refractivity contribution in [3.63, 3.8) is 0 Å². The van der Waals surface area contributed by atoms with Crippen molar-refractivity contribution < 1.29 is 13.9 Å². The van der Waals surface area contributed by atoms with Crippen LogP contribution in [0.25, 0.3) is 5.65 Å². The molecule has 0 atom stereocenters. The van der Waals surface area contributed by atoms with E-state index in [4.69, 9.17) is 4.74 Å². The second-order valence-electron chi connectivity index (χ2n) is 6.22. The summed E-state index contributed by atoms with van der Waals surface area (Å²) in [5.41, 5.74) is 0.265. The Labute approximate surface area is 138 Å². The molecule has 0 bridgehead atoms. The van der Waals surface area contributed by atoms with Crippen molar-refractivity contribution in [2.75, 3.05) is 4.90 Å². The van der Waals surface area contributed by atoms with Crippen LogP contribution in [0.1, 0.15) is 20.8 Å². The van der Waals surface area contributed by atoms with Gasteiger partial charge in [-0.3, -0.25) is 0 Å². The normalized spacial score (nSPS) is 11.5. The summed E-state index contributed by atoms with van der Waals surface area (Å²) < 4.78 is 21.3. The lowest BCUT2D eigenvalue weighted by molar-refractivity contribution is 0.0598. The zero-order chi connectivity index (χ0) is 17.3. The van der Waals surface area contributed by atoms with Gasteiger partial charge in [0.15, 0.2) is 11.5 Å². The highest BCUT2D eigenvalue weighted by Gasteiger charge is 2.27. The Balaban J connectivity index is 2.12. The first-order valence-corrected chi connectivity index (χ1v) is 7.42. The highest BCUT2D eigenvalue weighted by atomic mass is 19.1. The number of rotatable bonds is 2. The molecule has 0 aliphatic rings. The van der Waals surface area contributed by atoms with Gasteiger partial charge in [0.25, 0.3) is 0 Å². The molecular weight excluding hydrogens is 311 g/mol. The first-order valence-electron chi connectivity index (χ1n) is 7.42. The van der Waals surface area contributed by atoms with Gasteiger partial charge < -0.3 is 4.74 Å². The predicted molar refractivity (Wildman–Crippen MR) is 87.8 cm³/mol. The summed E-state index contributed by atoms with van der Waals surface area (Å²) in [5.74, 6) is -0.609. The fourth-order valence-electron chi connectivity index (χ4n) is 2.23. The van der Waals surface area contributed by atoms with Gasteiger partial charge in [-0.15, -0.1) is 0 Å². The Morgan fingerprint density at radius 2 is 1.96 bits per heavy atom. The molecule has 24 heavy (non-hydrogen) atoms. The Kier molecular flexibility index (Phi) is 3.92. The van der Waals surface area contributed by atoms with Crippen molar-refractivity contribution >= 4 is 23.1 Å². The summed E-state index contributed by atoms with van der Waals surface area (Å²) in [6, 6.07) is 10.2. The maximum absolute atomic E-state index is 14.6. The fourth-order valence-corrected chi connectivity index (χ4v) is 2.23. The number of nitrogens with zero attached hydrogens (tertiary/aromatic N) is 4. The first kappa shape index (κ1) is 15.9. The molecule has 1 amide bonds.